The third kappa shape index (κ3) is 3.18. The second-order valence-electron chi connectivity index (χ2n) is 7.11. The van der Waals surface area contributed by atoms with Crippen molar-refractivity contribution in [1.29, 1.82) is 0 Å². The van der Waals surface area contributed by atoms with Gasteiger partial charge in [-0.25, -0.2) is 4.98 Å². The van der Waals surface area contributed by atoms with E-state index in [0.29, 0.717) is 11.6 Å². The normalized spacial score (nSPS) is 24.3. The summed E-state index contributed by atoms with van der Waals surface area (Å²) in [6.07, 6.45) is 6.08. The van der Waals surface area contributed by atoms with Crippen molar-refractivity contribution >= 4 is 5.91 Å². The van der Waals surface area contributed by atoms with Crippen LogP contribution in [0.1, 0.15) is 54.5 Å². The van der Waals surface area contributed by atoms with Crippen LogP contribution >= 0.6 is 0 Å². The number of H-pyrrole nitrogens is 1. The molecule has 2 aromatic rings. The van der Waals surface area contributed by atoms with Crippen LogP contribution in [0.4, 0.5) is 0 Å². The van der Waals surface area contributed by atoms with Gasteiger partial charge in [0.05, 0.1) is 17.9 Å². The van der Waals surface area contributed by atoms with Crippen molar-refractivity contribution in [2.75, 3.05) is 13.1 Å². The Morgan fingerprint density at radius 2 is 2.16 bits per heavy atom. The molecule has 4 rings (SSSR count). The number of amides is 1. The first-order valence-corrected chi connectivity index (χ1v) is 8.96. The van der Waals surface area contributed by atoms with Crippen molar-refractivity contribution < 1.29 is 9.53 Å². The van der Waals surface area contributed by atoms with Crippen LogP contribution in [0.3, 0.4) is 0 Å². The van der Waals surface area contributed by atoms with E-state index in [1.54, 1.807) is 12.7 Å². The number of nitrogens with zero attached hydrogens (tertiary/aromatic N) is 5. The van der Waals surface area contributed by atoms with Crippen LogP contribution in [0.2, 0.25) is 0 Å². The highest BCUT2D eigenvalue weighted by Gasteiger charge is 2.32. The lowest BCUT2D eigenvalue weighted by Crippen LogP contribution is -2.40. The second-order valence-corrected chi connectivity index (χ2v) is 7.11. The zero-order valence-corrected chi connectivity index (χ0v) is 14.7. The smallest absolute Gasteiger partial charge is 0.274 e. The van der Waals surface area contributed by atoms with Crippen LogP contribution in [0, 0.1) is 5.92 Å². The summed E-state index contributed by atoms with van der Waals surface area (Å²) in [5.74, 6) is 0.574. The first kappa shape index (κ1) is 16.3. The summed E-state index contributed by atoms with van der Waals surface area (Å²) in [6, 6.07) is 0. The minimum absolute atomic E-state index is 0.0398. The number of nitrogens with one attached hydrogen (secondary N) is 1. The van der Waals surface area contributed by atoms with E-state index in [0.717, 1.165) is 50.2 Å². The quantitative estimate of drug-likeness (QED) is 0.913. The molecule has 4 heterocycles. The van der Waals surface area contributed by atoms with E-state index in [1.807, 2.05) is 23.4 Å². The molecule has 1 N–H and O–H groups in total. The minimum atomic E-state index is -0.0405. The van der Waals surface area contributed by atoms with Crippen LogP contribution < -0.4 is 0 Å². The number of aromatic amines is 1. The Kier molecular flexibility index (Phi) is 4.29. The highest BCUT2D eigenvalue weighted by Crippen LogP contribution is 2.31. The number of piperidine rings is 1. The molecule has 0 aliphatic carbocycles. The maximum Gasteiger partial charge on any atom is 0.274 e. The zero-order chi connectivity index (χ0) is 17.4. The third-order valence-electron chi connectivity index (χ3n) is 5.25. The first-order valence-electron chi connectivity index (χ1n) is 8.96. The average Bonchev–Trinajstić information content (AvgIpc) is 3.24. The summed E-state index contributed by atoms with van der Waals surface area (Å²) in [4.78, 5) is 18.9. The van der Waals surface area contributed by atoms with E-state index >= 15 is 0 Å². The maximum absolute atomic E-state index is 12.9. The van der Waals surface area contributed by atoms with E-state index in [-0.39, 0.29) is 18.1 Å². The molecule has 2 aliphatic heterocycles. The van der Waals surface area contributed by atoms with Crippen LogP contribution in [-0.4, -0.2) is 55.0 Å². The van der Waals surface area contributed by atoms with Crippen molar-refractivity contribution in [3.05, 3.63) is 29.6 Å². The fourth-order valence-corrected chi connectivity index (χ4v) is 3.91. The predicted molar refractivity (Wildman–Crippen MR) is 89.9 cm³/mol. The molecular weight excluding hydrogens is 320 g/mol. The summed E-state index contributed by atoms with van der Waals surface area (Å²) >= 11 is 0. The summed E-state index contributed by atoms with van der Waals surface area (Å²) in [5, 5.41) is 11.5. The molecular formula is C17H24N6O2. The zero-order valence-electron chi connectivity index (χ0n) is 14.7. The molecule has 2 aromatic heterocycles. The topological polar surface area (TPSA) is 88.9 Å². The summed E-state index contributed by atoms with van der Waals surface area (Å²) in [7, 11) is 0. The molecule has 134 valence electrons. The Morgan fingerprint density at radius 1 is 1.36 bits per heavy atom. The van der Waals surface area contributed by atoms with Gasteiger partial charge in [-0.1, -0.05) is 0 Å². The van der Waals surface area contributed by atoms with Gasteiger partial charge in [-0.05, 0) is 32.6 Å². The van der Waals surface area contributed by atoms with Crippen LogP contribution in [0.15, 0.2) is 12.7 Å². The van der Waals surface area contributed by atoms with Crippen molar-refractivity contribution in [1.82, 2.24) is 29.9 Å². The molecule has 0 spiro atoms. The molecule has 25 heavy (non-hydrogen) atoms. The molecule has 2 atom stereocenters. The van der Waals surface area contributed by atoms with E-state index in [2.05, 4.69) is 20.3 Å². The van der Waals surface area contributed by atoms with E-state index in [4.69, 9.17) is 4.74 Å². The molecule has 1 fully saturated rings. The van der Waals surface area contributed by atoms with Crippen LogP contribution in [0.25, 0.3) is 0 Å². The van der Waals surface area contributed by atoms with Gasteiger partial charge >= 0.3 is 0 Å². The van der Waals surface area contributed by atoms with Gasteiger partial charge in [0.1, 0.15) is 12.7 Å². The predicted octanol–water partition coefficient (Wildman–Crippen LogP) is 1.58. The van der Waals surface area contributed by atoms with Crippen molar-refractivity contribution in [3.8, 4) is 0 Å². The fourth-order valence-electron chi connectivity index (χ4n) is 3.91. The van der Waals surface area contributed by atoms with Gasteiger partial charge in [-0.3, -0.25) is 14.6 Å². The molecule has 8 nitrogen and oxygen atoms in total. The summed E-state index contributed by atoms with van der Waals surface area (Å²) < 4.78 is 7.68. The second kappa shape index (κ2) is 6.59. The van der Waals surface area contributed by atoms with Crippen LogP contribution in [-0.2, 0) is 17.7 Å². The monoisotopic (exact) mass is 344 g/mol. The van der Waals surface area contributed by atoms with Crippen molar-refractivity contribution in [3.63, 3.8) is 0 Å². The van der Waals surface area contributed by atoms with E-state index in [1.165, 1.54) is 0 Å². The highest BCUT2D eigenvalue weighted by atomic mass is 16.5. The lowest BCUT2D eigenvalue weighted by atomic mass is 9.95. The number of likely N-dealkylation sites (tertiary alicyclic amines) is 1. The number of ether oxygens (including phenoxy) is 1. The molecule has 2 aliphatic rings. The highest BCUT2D eigenvalue weighted by molar-refractivity contribution is 5.94. The Labute approximate surface area is 146 Å². The van der Waals surface area contributed by atoms with Crippen LogP contribution in [0.5, 0.6) is 0 Å². The molecule has 1 amide bonds. The Morgan fingerprint density at radius 3 is 2.88 bits per heavy atom. The number of hydrogen-bond acceptors (Lipinski definition) is 5. The number of rotatable bonds is 3. The van der Waals surface area contributed by atoms with E-state index in [9.17, 15) is 4.79 Å². The van der Waals surface area contributed by atoms with Crippen molar-refractivity contribution in [2.45, 2.75) is 51.9 Å². The third-order valence-corrected chi connectivity index (χ3v) is 5.25. The molecule has 0 saturated carbocycles. The average molecular weight is 344 g/mol. The Balaban J connectivity index is 1.41. The first-order chi connectivity index (χ1) is 12.1. The van der Waals surface area contributed by atoms with Gasteiger partial charge < -0.3 is 9.64 Å². The summed E-state index contributed by atoms with van der Waals surface area (Å²) in [5.41, 5.74) is 2.55. The van der Waals surface area contributed by atoms with Gasteiger partial charge in [0.25, 0.3) is 5.91 Å². The van der Waals surface area contributed by atoms with Crippen molar-refractivity contribution in [2.24, 2.45) is 5.92 Å². The fraction of sp³-hybridized carbons (Fsp3) is 0.647. The molecule has 0 aromatic carbocycles. The Hall–Kier alpha value is -2.22. The van der Waals surface area contributed by atoms with Gasteiger partial charge in [-0.15, -0.1) is 0 Å². The largest absolute Gasteiger partial charge is 0.369 e. The standard InChI is InChI=1S/C17H24N6O2/c1-11-7-14-15(12(2)25-11)20-21-16(14)17(24)22-5-3-13(4-6-22)8-23-10-18-9-19-23/h9-13H,3-8H2,1-2H3,(H,20,21)/t11-,12+/m1/s1. The number of fused-ring (bicyclic) bond motifs is 1. The lowest BCUT2D eigenvalue weighted by molar-refractivity contribution is -0.00703. The number of hydrogen-bond donors (Lipinski definition) is 1. The van der Waals surface area contributed by atoms with Gasteiger partial charge in [0.2, 0.25) is 0 Å². The molecule has 0 radical (unpaired) electrons. The van der Waals surface area contributed by atoms with Gasteiger partial charge in [-0.2, -0.15) is 10.2 Å². The lowest BCUT2D eigenvalue weighted by Gasteiger charge is -2.32. The van der Waals surface area contributed by atoms with E-state index < -0.39 is 0 Å². The molecule has 1 saturated heterocycles. The Bertz CT molecular complexity index is 732. The maximum atomic E-state index is 12.9. The minimum Gasteiger partial charge on any atom is -0.369 e. The number of aromatic nitrogens is 5. The number of carbonyl (C=O) groups excluding carboxylic acids is 1. The van der Waals surface area contributed by atoms with Gasteiger partial charge in [0, 0.05) is 31.6 Å². The SMILES string of the molecule is C[C@@H]1Cc2c(C(=O)N3CCC(Cn4cncn4)CC3)n[nH]c2[C@H](C)O1. The molecule has 0 unspecified atom stereocenters. The molecule has 0 bridgehead atoms. The molecule has 8 heteroatoms. The summed E-state index contributed by atoms with van der Waals surface area (Å²) in [6.45, 7) is 6.43. The van der Waals surface area contributed by atoms with Gasteiger partial charge in [0.15, 0.2) is 5.69 Å². The number of carbonyl (C=O) groups is 1.